The topological polar surface area (TPSA) is 79.0 Å². The van der Waals surface area contributed by atoms with Gasteiger partial charge in [-0.2, -0.15) is 0 Å². The molecule has 0 aliphatic rings. The van der Waals surface area contributed by atoms with E-state index in [4.69, 9.17) is 14.3 Å². The highest BCUT2D eigenvalue weighted by atomic mass is 16.5. The number of hydrogen-bond donors (Lipinski definition) is 3. The SMILES string of the molecule is CC(C)CN=C(NCCOCCO)NCCc1ccco1. The molecule has 0 aliphatic carbocycles. The van der Waals surface area contributed by atoms with E-state index in [-0.39, 0.29) is 6.61 Å². The Bertz CT molecular complexity index is 378. The molecule has 3 N–H and O–H groups in total. The van der Waals surface area contributed by atoms with Crippen LogP contribution in [-0.2, 0) is 11.2 Å². The molecule has 1 aromatic rings. The summed E-state index contributed by atoms with van der Waals surface area (Å²) in [6, 6.07) is 3.85. The van der Waals surface area contributed by atoms with Crippen LogP contribution in [0.4, 0.5) is 0 Å². The largest absolute Gasteiger partial charge is 0.469 e. The zero-order valence-electron chi connectivity index (χ0n) is 13.0. The van der Waals surface area contributed by atoms with Gasteiger partial charge in [0.2, 0.25) is 0 Å². The van der Waals surface area contributed by atoms with Gasteiger partial charge in [-0.25, -0.2) is 0 Å². The number of hydrogen-bond acceptors (Lipinski definition) is 4. The molecule has 6 nitrogen and oxygen atoms in total. The van der Waals surface area contributed by atoms with E-state index in [1.807, 2.05) is 12.1 Å². The maximum Gasteiger partial charge on any atom is 0.191 e. The molecule has 0 unspecified atom stereocenters. The fraction of sp³-hybridized carbons (Fsp3) is 0.667. The molecule has 0 radical (unpaired) electrons. The third-order valence-electron chi connectivity index (χ3n) is 2.63. The van der Waals surface area contributed by atoms with Gasteiger partial charge in [-0.05, 0) is 18.1 Å². The number of aliphatic hydroxyl groups excluding tert-OH is 1. The molecule has 1 aromatic heterocycles. The average Bonchev–Trinajstić information content (AvgIpc) is 2.97. The lowest BCUT2D eigenvalue weighted by atomic mass is 10.2. The highest BCUT2D eigenvalue weighted by Crippen LogP contribution is 1.99. The lowest BCUT2D eigenvalue weighted by Crippen LogP contribution is -2.40. The van der Waals surface area contributed by atoms with Crippen LogP contribution in [0.5, 0.6) is 0 Å². The molecule has 0 spiro atoms. The number of aliphatic imine (C=N–C) groups is 1. The predicted molar refractivity (Wildman–Crippen MR) is 83.5 cm³/mol. The van der Waals surface area contributed by atoms with Crippen LogP contribution in [-0.4, -0.2) is 50.5 Å². The molecule has 0 fully saturated rings. The van der Waals surface area contributed by atoms with Gasteiger partial charge in [0, 0.05) is 26.1 Å². The molecule has 0 atom stereocenters. The molecule has 6 heteroatoms. The summed E-state index contributed by atoms with van der Waals surface area (Å²) in [6.45, 7) is 7.42. The number of guanidine groups is 1. The van der Waals surface area contributed by atoms with Crippen molar-refractivity contribution in [2.75, 3.05) is 39.5 Å². The summed E-state index contributed by atoms with van der Waals surface area (Å²) in [5.41, 5.74) is 0. The lowest BCUT2D eigenvalue weighted by molar-refractivity contribution is 0.0957. The molecule has 0 saturated carbocycles. The molecule has 21 heavy (non-hydrogen) atoms. The van der Waals surface area contributed by atoms with E-state index in [0.717, 1.165) is 31.2 Å². The van der Waals surface area contributed by atoms with Crippen molar-refractivity contribution in [3.63, 3.8) is 0 Å². The Kier molecular flexibility index (Phi) is 9.32. The van der Waals surface area contributed by atoms with Crippen LogP contribution in [0.1, 0.15) is 19.6 Å². The summed E-state index contributed by atoms with van der Waals surface area (Å²) in [5, 5.41) is 15.1. The molecule has 0 aromatic carbocycles. The first-order valence-corrected chi connectivity index (χ1v) is 7.45. The third-order valence-corrected chi connectivity index (χ3v) is 2.63. The van der Waals surface area contributed by atoms with Gasteiger partial charge in [-0.3, -0.25) is 4.99 Å². The van der Waals surface area contributed by atoms with Crippen molar-refractivity contribution in [1.29, 1.82) is 0 Å². The molecule has 120 valence electrons. The van der Waals surface area contributed by atoms with Crippen LogP contribution in [0.3, 0.4) is 0 Å². The van der Waals surface area contributed by atoms with Crippen LogP contribution < -0.4 is 10.6 Å². The van der Waals surface area contributed by atoms with E-state index in [9.17, 15) is 0 Å². The van der Waals surface area contributed by atoms with Crippen molar-refractivity contribution < 1.29 is 14.3 Å². The monoisotopic (exact) mass is 297 g/mol. The normalized spacial score (nSPS) is 11.9. The first kappa shape index (κ1) is 17.5. The first-order chi connectivity index (χ1) is 10.2. The molecule has 0 bridgehead atoms. The van der Waals surface area contributed by atoms with Gasteiger partial charge in [-0.1, -0.05) is 13.8 Å². The van der Waals surface area contributed by atoms with Crippen molar-refractivity contribution in [3.8, 4) is 0 Å². The quantitative estimate of drug-likeness (QED) is 0.341. The highest BCUT2D eigenvalue weighted by Gasteiger charge is 2.01. The Labute approximate surface area is 126 Å². The van der Waals surface area contributed by atoms with E-state index in [0.29, 0.717) is 25.7 Å². The van der Waals surface area contributed by atoms with E-state index in [1.54, 1.807) is 6.26 Å². The van der Waals surface area contributed by atoms with E-state index >= 15 is 0 Å². The summed E-state index contributed by atoms with van der Waals surface area (Å²) in [7, 11) is 0. The summed E-state index contributed by atoms with van der Waals surface area (Å²) >= 11 is 0. The fourth-order valence-corrected chi connectivity index (χ4v) is 1.62. The Hall–Kier alpha value is -1.53. The number of furan rings is 1. The number of nitrogens with zero attached hydrogens (tertiary/aromatic N) is 1. The third kappa shape index (κ3) is 9.10. The van der Waals surface area contributed by atoms with Crippen LogP contribution in [0.25, 0.3) is 0 Å². The fourth-order valence-electron chi connectivity index (χ4n) is 1.62. The van der Waals surface area contributed by atoms with Crippen molar-refractivity contribution in [3.05, 3.63) is 24.2 Å². The van der Waals surface area contributed by atoms with Crippen molar-refractivity contribution >= 4 is 5.96 Å². The second-order valence-corrected chi connectivity index (χ2v) is 5.10. The minimum Gasteiger partial charge on any atom is -0.469 e. The summed E-state index contributed by atoms with van der Waals surface area (Å²) in [5.74, 6) is 2.25. The van der Waals surface area contributed by atoms with Crippen LogP contribution >= 0.6 is 0 Å². The molecule has 1 heterocycles. The first-order valence-electron chi connectivity index (χ1n) is 7.45. The molecule has 0 aliphatic heterocycles. The molecule has 0 saturated heterocycles. The van der Waals surface area contributed by atoms with Crippen LogP contribution in [0, 0.1) is 5.92 Å². The Balaban J connectivity index is 2.28. The molecule has 0 amide bonds. The van der Waals surface area contributed by atoms with Crippen molar-refractivity contribution in [1.82, 2.24) is 10.6 Å². The van der Waals surface area contributed by atoms with Crippen molar-refractivity contribution in [2.45, 2.75) is 20.3 Å². The molecule has 1 rings (SSSR count). The van der Waals surface area contributed by atoms with Gasteiger partial charge in [0.25, 0.3) is 0 Å². The Morgan fingerprint density at radius 3 is 2.81 bits per heavy atom. The van der Waals surface area contributed by atoms with Crippen molar-refractivity contribution in [2.24, 2.45) is 10.9 Å². The zero-order chi connectivity index (χ0) is 15.3. The highest BCUT2D eigenvalue weighted by molar-refractivity contribution is 5.79. The van der Waals surface area contributed by atoms with Gasteiger partial charge in [0.15, 0.2) is 5.96 Å². The number of aliphatic hydroxyl groups is 1. The molecular weight excluding hydrogens is 270 g/mol. The summed E-state index contributed by atoms with van der Waals surface area (Å²) in [6.07, 6.45) is 2.50. The van der Waals surface area contributed by atoms with Gasteiger partial charge in [0.1, 0.15) is 5.76 Å². The maximum atomic E-state index is 8.64. The predicted octanol–water partition coefficient (Wildman–Crippen LogP) is 1.02. The minimum atomic E-state index is 0.0513. The standard InChI is InChI=1S/C15H27N3O3/c1-13(2)12-18-15(17-7-10-20-11-8-19)16-6-5-14-4-3-9-21-14/h3-4,9,13,19H,5-8,10-12H2,1-2H3,(H2,16,17,18). The van der Waals surface area contributed by atoms with E-state index in [1.165, 1.54) is 0 Å². The van der Waals surface area contributed by atoms with Crippen LogP contribution in [0.2, 0.25) is 0 Å². The number of nitrogens with one attached hydrogen (secondary N) is 2. The lowest BCUT2D eigenvalue weighted by Gasteiger charge is -2.13. The molecular formula is C15H27N3O3. The maximum absolute atomic E-state index is 8.64. The minimum absolute atomic E-state index is 0.0513. The van der Waals surface area contributed by atoms with Crippen LogP contribution in [0.15, 0.2) is 27.8 Å². The Morgan fingerprint density at radius 1 is 1.33 bits per heavy atom. The second-order valence-electron chi connectivity index (χ2n) is 5.10. The zero-order valence-corrected chi connectivity index (χ0v) is 13.0. The van der Waals surface area contributed by atoms with Gasteiger partial charge < -0.3 is 24.9 Å². The second kappa shape index (κ2) is 11.2. The van der Waals surface area contributed by atoms with Gasteiger partial charge in [0.05, 0.1) is 26.1 Å². The van der Waals surface area contributed by atoms with Gasteiger partial charge >= 0.3 is 0 Å². The summed E-state index contributed by atoms with van der Waals surface area (Å²) < 4.78 is 10.5. The Morgan fingerprint density at radius 2 is 2.14 bits per heavy atom. The van der Waals surface area contributed by atoms with E-state index in [2.05, 4.69) is 29.5 Å². The smallest absolute Gasteiger partial charge is 0.191 e. The van der Waals surface area contributed by atoms with Gasteiger partial charge in [-0.15, -0.1) is 0 Å². The number of rotatable bonds is 10. The van der Waals surface area contributed by atoms with E-state index < -0.39 is 0 Å². The summed E-state index contributed by atoms with van der Waals surface area (Å²) in [4.78, 5) is 4.52. The average molecular weight is 297 g/mol. The number of ether oxygens (including phenoxy) is 1.